The second kappa shape index (κ2) is 4.93. The molecule has 0 aliphatic heterocycles. The molecule has 0 bridgehead atoms. The molecule has 0 aliphatic carbocycles. The Morgan fingerprint density at radius 1 is 1.00 bits per heavy atom. The van der Waals surface area contributed by atoms with Crippen LogP contribution in [0.4, 0.5) is 0 Å². The zero-order valence-corrected chi connectivity index (χ0v) is 11.7. The first-order valence-corrected chi connectivity index (χ1v) is 6.56. The molecule has 0 unspecified atom stereocenters. The van der Waals surface area contributed by atoms with Gasteiger partial charge in [0.1, 0.15) is 0 Å². The molecular weight excluding hydrogens is 218 g/mol. The van der Waals surface area contributed by atoms with Gasteiger partial charge in [0.15, 0.2) is 0 Å². The number of nitrogens with zero attached hydrogens (tertiary/aromatic N) is 1. The summed E-state index contributed by atoms with van der Waals surface area (Å²) in [6.45, 7) is 8.74. The molecule has 1 heterocycles. The Morgan fingerprint density at radius 2 is 1.78 bits per heavy atom. The molecule has 1 aromatic heterocycles. The summed E-state index contributed by atoms with van der Waals surface area (Å²) in [5.41, 5.74) is 5.06. The van der Waals surface area contributed by atoms with Crippen LogP contribution >= 0.6 is 0 Å². The molecule has 0 N–H and O–H groups in total. The summed E-state index contributed by atoms with van der Waals surface area (Å²) in [5, 5.41) is 0. The van der Waals surface area contributed by atoms with E-state index in [1.54, 1.807) is 0 Å². The molecule has 0 amide bonds. The maximum Gasteiger partial charge on any atom is 0.0457 e. The van der Waals surface area contributed by atoms with Crippen LogP contribution in [0.2, 0.25) is 0 Å². The van der Waals surface area contributed by atoms with Crippen LogP contribution in [0, 0.1) is 0 Å². The first-order valence-electron chi connectivity index (χ1n) is 6.56. The summed E-state index contributed by atoms with van der Waals surface area (Å²) in [6.07, 6.45) is 3.05. The summed E-state index contributed by atoms with van der Waals surface area (Å²) in [6, 6.07) is 13.0. The molecule has 0 fully saturated rings. The molecule has 0 saturated heterocycles. The molecular formula is C17H21N. The Bertz CT molecular complexity index is 518. The van der Waals surface area contributed by atoms with Gasteiger partial charge in [-0.05, 0) is 23.6 Å². The molecule has 1 aromatic carbocycles. The zero-order valence-electron chi connectivity index (χ0n) is 11.7. The molecule has 1 heteroatoms. The van der Waals surface area contributed by atoms with Crippen LogP contribution in [0.25, 0.3) is 11.1 Å². The maximum absolute atomic E-state index is 4.58. The lowest BCUT2D eigenvalue weighted by Crippen LogP contribution is -2.12. The molecule has 2 rings (SSSR count). The number of aryl methyl sites for hydroxylation is 1. The average Bonchev–Trinajstić information content (AvgIpc) is 2.38. The minimum atomic E-state index is 0.115. The average molecular weight is 239 g/mol. The van der Waals surface area contributed by atoms with Gasteiger partial charge in [-0.1, -0.05) is 58.0 Å². The van der Waals surface area contributed by atoms with Crippen molar-refractivity contribution in [2.45, 2.75) is 39.5 Å². The quantitative estimate of drug-likeness (QED) is 0.746. The van der Waals surface area contributed by atoms with Crippen LogP contribution in [-0.4, -0.2) is 4.98 Å². The lowest BCUT2D eigenvalue weighted by atomic mass is 9.91. The Kier molecular flexibility index (Phi) is 3.51. The van der Waals surface area contributed by atoms with Crippen molar-refractivity contribution >= 4 is 0 Å². The van der Waals surface area contributed by atoms with E-state index in [1.807, 2.05) is 6.20 Å². The highest BCUT2D eigenvalue weighted by atomic mass is 14.7. The normalized spacial score (nSPS) is 11.6. The van der Waals surface area contributed by atoms with Gasteiger partial charge in [-0.15, -0.1) is 0 Å². The number of hydrogen-bond donors (Lipinski definition) is 0. The highest BCUT2D eigenvalue weighted by molar-refractivity contribution is 5.63. The van der Waals surface area contributed by atoms with Crippen molar-refractivity contribution in [1.82, 2.24) is 4.98 Å². The molecule has 18 heavy (non-hydrogen) atoms. The fourth-order valence-electron chi connectivity index (χ4n) is 1.98. The number of aromatic nitrogens is 1. The third-order valence-electron chi connectivity index (χ3n) is 3.20. The zero-order chi connectivity index (χ0) is 13.2. The molecule has 2 aromatic rings. The van der Waals surface area contributed by atoms with Crippen LogP contribution in [0.3, 0.4) is 0 Å². The second-order valence-corrected chi connectivity index (χ2v) is 5.74. The van der Waals surface area contributed by atoms with Crippen LogP contribution in [0.15, 0.2) is 42.6 Å². The fraction of sp³-hybridized carbons (Fsp3) is 0.353. The van der Waals surface area contributed by atoms with Crippen molar-refractivity contribution in [3.8, 4) is 11.1 Å². The summed E-state index contributed by atoms with van der Waals surface area (Å²) >= 11 is 0. The number of pyridine rings is 1. The van der Waals surface area contributed by atoms with Crippen LogP contribution in [0.5, 0.6) is 0 Å². The second-order valence-electron chi connectivity index (χ2n) is 5.74. The molecule has 0 atom stereocenters. The van der Waals surface area contributed by atoms with Crippen molar-refractivity contribution in [3.63, 3.8) is 0 Å². The van der Waals surface area contributed by atoms with E-state index in [9.17, 15) is 0 Å². The summed E-state index contributed by atoms with van der Waals surface area (Å²) < 4.78 is 0. The van der Waals surface area contributed by atoms with Crippen molar-refractivity contribution < 1.29 is 0 Å². The van der Waals surface area contributed by atoms with E-state index in [-0.39, 0.29) is 5.41 Å². The van der Waals surface area contributed by atoms with Gasteiger partial charge in [-0.25, -0.2) is 0 Å². The van der Waals surface area contributed by atoms with Crippen molar-refractivity contribution in [1.29, 1.82) is 0 Å². The van der Waals surface area contributed by atoms with Gasteiger partial charge in [-0.3, -0.25) is 4.98 Å². The van der Waals surface area contributed by atoms with Gasteiger partial charge in [0.05, 0.1) is 0 Å². The first-order chi connectivity index (χ1) is 8.50. The first kappa shape index (κ1) is 12.8. The standard InChI is InChI=1S/C17H21N/c1-5-13-7-6-8-14(11-13)15-9-10-16(18-12-15)17(2,3)4/h6-12H,5H2,1-4H3. The van der Waals surface area contributed by atoms with Crippen LogP contribution in [0.1, 0.15) is 39.0 Å². The third kappa shape index (κ3) is 2.79. The summed E-state index contributed by atoms with van der Waals surface area (Å²) in [4.78, 5) is 4.58. The molecule has 94 valence electrons. The minimum Gasteiger partial charge on any atom is -0.260 e. The number of benzene rings is 1. The Morgan fingerprint density at radius 3 is 2.33 bits per heavy atom. The van der Waals surface area contributed by atoms with E-state index >= 15 is 0 Å². The van der Waals surface area contributed by atoms with E-state index in [1.165, 1.54) is 16.7 Å². The maximum atomic E-state index is 4.58. The van der Waals surface area contributed by atoms with E-state index in [0.717, 1.165) is 12.1 Å². The Balaban J connectivity index is 2.34. The van der Waals surface area contributed by atoms with E-state index in [0.29, 0.717) is 0 Å². The summed E-state index contributed by atoms with van der Waals surface area (Å²) in [5.74, 6) is 0. The van der Waals surface area contributed by atoms with E-state index < -0.39 is 0 Å². The Hall–Kier alpha value is -1.63. The molecule has 0 spiro atoms. The van der Waals surface area contributed by atoms with Crippen molar-refractivity contribution in [2.24, 2.45) is 0 Å². The topological polar surface area (TPSA) is 12.9 Å². The van der Waals surface area contributed by atoms with Gasteiger partial charge in [0.25, 0.3) is 0 Å². The summed E-state index contributed by atoms with van der Waals surface area (Å²) in [7, 11) is 0. The monoisotopic (exact) mass is 239 g/mol. The lowest BCUT2D eigenvalue weighted by molar-refractivity contribution is 0.569. The number of hydrogen-bond acceptors (Lipinski definition) is 1. The molecule has 1 nitrogen and oxygen atoms in total. The molecule has 0 radical (unpaired) electrons. The predicted octanol–water partition coefficient (Wildman–Crippen LogP) is 4.61. The highest BCUT2D eigenvalue weighted by Gasteiger charge is 2.14. The SMILES string of the molecule is CCc1cccc(-c2ccc(C(C)(C)C)nc2)c1. The molecule has 0 saturated carbocycles. The third-order valence-corrected chi connectivity index (χ3v) is 3.20. The van der Waals surface area contributed by atoms with Gasteiger partial charge < -0.3 is 0 Å². The van der Waals surface area contributed by atoms with Gasteiger partial charge in [0.2, 0.25) is 0 Å². The van der Waals surface area contributed by atoms with Crippen molar-refractivity contribution in [3.05, 3.63) is 53.9 Å². The number of rotatable bonds is 2. The smallest absolute Gasteiger partial charge is 0.0457 e. The molecule has 0 aliphatic rings. The van der Waals surface area contributed by atoms with Gasteiger partial charge >= 0.3 is 0 Å². The largest absolute Gasteiger partial charge is 0.260 e. The van der Waals surface area contributed by atoms with E-state index in [2.05, 4.69) is 69.1 Å². The van der Waals surface area contributed by atoms with Crippen molar-refractivity contribution in [2.75, 3.05) is 0 Å². The highest BCUT2D eigenvalue weighted by Crippen LogP contribution is 2.24. The van der Waals surface area contributed by atoms with Crippen LogP contribution < -0.4 is 0 Å². The Labute approximate surface area is 110 Å². The van der Waals surface area contributed by atoms with Crippen LogP contribution in [-0.2, 0) is 11.8 Å². The minimum absolute atomic E-state index is 0.115. The lowest BCUT2D eigenvalue weighted by Gasteiger charge is -2.17. The fourth-order valence-corrected chi connectivity index (χ4v) is 1.98. The van der Waals surface area contributed by atoms with Gasteiger partial charge in [-0.2, -0.15) is 0 Å². The van der Waals surface area contributed by atoms with E-state index in [4.69, 9.17) is 0 Å². The van der Waals surface area contributed by atoms with Gasteiger partial charge in [0, 0.05) is 22.9 Å². The predicted molar refractivity (Wildman–Crippen MR) is 77.8 cm³/mol.